The molecule has 2 atom stereocenters. The maximum atomic E-state index is 13.5. The molecule has 68 valence electrons. The normalized spacial score (nSPS) is 35.0. The van der Waals surface area contributed by atoms with Crippen molar-refractivity contribution in [2.24, 2.45) is 5.92 Å². The summed E-state index contributed by atoms with van der Waals surface area (Å²) in [5, 5.41) is 0. The van der Waals surface area contributed by atoms with E-state index in [1.165, 1.54) is 0 Å². The lowest BCUT2D eigenvalue weighted by Crippen LogP contribution is -2.21. The summed E-state index contributed by atoms with van der Waals surface area (Å²) in [4.78, 5) is 0. The Morgan fingerprint density at radius 3 is 2.83 bits per heavy atom. The Labute approximate surface area is 72.6 Å². The van der Waals surface area contributed by atoms with Crippen LogP contribution in [0.25, 0.3) is 0 Å². The van der Waals surface area contributed by atoms with Crippen LogP contribution in [0.15, 0.2) is 11.4 Å². The van der Waals surface area contributed by atoms with Crippen molar-refractivity contribution >= 4 is 0 Å². The predicted molar refractivity (Wildman–Crippen MR) is 45.5 cm³/mol. The van der Waals surface area contributed by atoms with E-state index in [4.69, 9.17) is 4.74 Å². The Hall–Kier alpha value is -0.370. The van der Waals surface area contributed by atoms with E-state index in [9.17, 15) is 4.39 Å². The molecule has 2 heteroatoms. The molecule has 2 aliphatic rings. The first kappa shape index (κ1) is 8.24. The molecule has 0 aromatic carbocycles. The number of rotatable bonds is 1. The summed E-state index contributed by atoms with van der Waals surface area (Å²) < 4.78 is 19.0. The Morgan fingerprint density at radius 1 is 1.42 bits per heavy atom. The van der Waals surface area contributed by atoms with E-state index in [-0.39, 0.29) is 11.9 Å². The van der Waals surface area contributed by atoms with Gasteiger partial charge in [0.2, 0.25) is 0 Å². The van der Waals surface area contributed by atoms with Gasteiger partial charge in [0.25, 0.3) is 0 Å². The van der Waals surface area contributed by atoms with Gasteiger partial charge in [0.15, 0.2) is 0 Å². The molecule has 0 aliphatic carbocycles. The lowest BCUT2D eigenvalue weighted by atomic mass is 9.95. The Bertz CT molecular complexity index is 220. The van der Waals surface area contributed by atoms with Gasteiger partial charge in [0.05, 0.1) is 6.10 Å². The van der Waals surface area contributed by atoms with Crippen LogP contribution < -0.4 is 0 Å². The molecular formula is C10H15FO. The second-order valence-electron chi connectivity index (χ2n) is 4.06. The molecule has 2 aliphatic heterocycles. The molecule has 0 radical (unpaired) electrons. The van der Waals surface area contributed by atoms with Crippen LogP contribution in [0.3, 0.4) is 0 Å². The molecule has 1 nitrogen and oxygen atoms in total. The molecular weight excluding hydrogens is 155 g/mol. The molecule has 12 heavy (non-hydrogen) atoms. The highest BCUT2D eigenvalue weighted by molar-refractivity contribution is 5.20. The van der Waals surface area contributed by atoms with Gasteiger partial charge in [0.1, 0.15) is 11.9 Å². The molecule has 0 unspecified atom stereocenters. The highest BCUT2D eigenvalue weighted by Crippen LogP contribution is 2.39. The molecule has 0 N–H and O–H groups in total. The fraction of sp³-hybridized carbons (Fsp3) is 0.800. The maximum absolute atomic E-state index is 13.5. The van der Waals surface area contributed by atoms with Crippen LogP contribution in [0.2, 0.25) is 0 Å². The molecule has 0 aromatic rings. The van der Waals surface area contributed by atoms with Crippen molar-refractivity contribution in [3.8, 4) is 0 Å². The minimum Gasteiger partial charge on any atom is -0.368 e. The largest absolute Gasteiger partial charge is 0.368 e. The van der Waals surface area contributed by atoms with E-state index in [1.807, 2.05) is 0 Å². The minimum absolute atomic E-state index is 0.0266. The van der Waals surface area contributed by atoms with Crippen LogP contribution >= 0.6 is 0 Å². The smallest absolute Gasteiger partial charge is 0.128 e. The van der Waals surface area contributed by atoms with Crippen molar-refractivity contribution in [1.29, 1.82) is 0 Å². The van der Waals surface area contributed by atoms with E-state index in [2.05, 4.69) is 13.8 Å². The van der Waals surface area contributed by atoms with Gasteiger partial charge in [-0.15, -0.1) is 0 Å². The highest BCUT2D eigenvalue weighted by Gasteiger charge is 2.36. The van der Waals surface area contributed by atoms with E-state index in [1.54, 1.807) is 0 Å². The van der Waals surface area contributed by atoms with Crippen LogP contribution in [0, 0.1) is 5.92 Å². The molecule has 0 saturated carbocycles. The van der Waals surface area contributed by atoms with E-state index >= 15 is 0 Å². The monoisotopic (exact) mass is 170 g/mol. The summed E-state index contributed by atoms with van der Waals surface area (Å²) in [5.41, 5.74) is 0.994. The minimum atomic E-state index is -0.193. The number of fused-ring (bicyclic) bond motifs is 2. The van der Waals surface area contributed by atoms with Crippen molar-refractivity contribution in [2.45, 2.75) is 45.3 Å². The molecule has 0 spiro atoms. The van der Waals surface area contributed by atoms with Crippen molar-refractivity contribution in [2.75, 3.05) is 0 Å². The molecule has 1 fully saturated rings. The zero-order valence-electron chi connectivity index (χ0n) is 7.64. The SMILES string of the molecule is CC(C)C1=C(F)[C@H]2CC[C@@H](C1)O2. The van der Waals surface area contributed by atoms with Gasteiger partial charge in [-0.05, 0) is 30.8 Å². The molecule has 0 amide bonds. The third kappa shape index (κ3) is 1.18. The van der Waals surface area contributed by atoms with Gasteiger partial charge in [-0.1, -0.05) is 13.8 Å². The van der Waals surface area contributed by atoms with Gasteiger partial charge >= 0.3 is 0 Å². The van der Waals surface area contributed by atoms with Gasteiger partial charge in [0, 0.05) is 0 Å². The third-order valence-electron chi connectivity index (χ3n) is 2.84. The van der Waals surface area contributed by atoms with Crippen molar-refractivity contribution in [3.05, 3.63) is 11.4 Å². The van der Waals surface area contributed by atoms with Crippen LogP contribution in [0.1, 0.15) is 33.1 Å². The van der Waals surface area contributed by atoms with Crippen LogP contribution in [0.5, 0.6) is 0 Å². The molecule has 1 saturated heterocycles. The number of hydrogen-bond donors (Lipinski definition) is 0. The number of ether oxygens (including phenoxy) is 1. The van der Waals surface area contributed by atoms with Gasteiger partial charge < -0.3 is 4.74 Å². The first-order chi connectivity index (χ1) is 5.68. The summed E-state index contributed by atoms with van der Waals surface area (Å²) in [6, 6.07) is 0. The number of hydrogen-bond acceptors (Lipinski definition) is 1. The Morgan fingerprint density at radius 2 is 2.17 bits per heavy atom. The summed E-state index contributed by atoms with van der Waals surface area (Å²) >= 11 is 0. The standard InChI is InChI=1S/C10H15FO/c1-6(2)8-5-7-3-4-9(12-7)10(8)11/h6-7,9H,3-5H2,1-2H3/t7-,9+/m0/s1. The fourth-order valence-corrected chi connectivity index (χ4v) is 2.10. The van der Waals surface area contributed by atoms with Gasteiger partial charge in [-0.25, -0.2) is 4.39 Å². The lowest BCUT2D eigenvalue weighted by molar-refractivity contribution is 0.0358. The van der Waals surface area contributed by atoms with Crippen molar-refractivity contribution in [3.63, 3.8) is 0 Å². The highest BCUT2D eigenvalue weighted by atomic mass is 19.1. The maximum Gasteiger partial charge on any atom is 0.128 e. The van der Waals surface area contributed by atoms with Crippen LogP contribution in [0.4, 0.5) is 4.39 Å². The van der Waals surface area contributed by atoms with Gasteiger partial charge in [-0.2, -0.15) is 0 Å². The van der Waals surface area contributed by atoms with Crippen LogP contribution in [-0.2, 0) is 4.74 Å². The van der Waals surface area contributed by atoms with Crippen molar-refractivity contribution in [1.82, 2.24) is 0 Å². The first-order valence-electron chi connectivity index (χ1n) is 4.72. The summed E-state index contributed by atoms with van der Waals surface area (Å²) in [6.45, 7) is 4.11. The average Bonchev–Trinajstić information content (AvgIpc) is 2.41. The predicted octanol–water partition coefficient (Wildman–Crippen LogP) is 2.82. The number of halogens is 1. The van der Waals surface area contributed by atoms with E-state index in [0.29, 0.717) is 12.0 Å². The molecule has 2 rings (SSSR count). The third-order valence-corrected chi connectivity index (χ3v) is 2.84. The molecule has 2 bridgehead atoms. The molecule has 0 aromatic heterocycles. The molecule has 2 heterocycles. The summed E-state index contributed by atoms with van der Waals surface area (Å²) in [7, 11) is 0. The van der Waals surface area contributed by atoms with E-state index < -0.39 is 0 Å². The Balaban J connectivity index is 2.26. The zero-order chi connectivity index (χ0) is 8.72. The second kappa shape index (κ2) is 2.84. The topological polar surface area (TPSA) is 9.23 Å². The average molecular weight is 170 g/mol. The quantitative estimate of drug-likeness (QED) is 0.588. The van der Waals surface area contributed by atoms with Crippen molar-refractivity contribution < 1.29 is 9.13 Å². The van der Waals surface area contributed by atoms with Crippen LogP contribution in [-0.4, -0.2) is 12.2 Å². The summed E-state index contributed by atoms with van der Waals surface area (Å²) in [5.74, 6) is 0.371. The first-order valence-corrected chi connectivity index (χ1v) is 4.72. The summed E-state index contributed by atoms with van der Waals surface area (Å²) in [6.07, 6.45) is 2.86. The Kier molecular flexibility index (Phi) is 1.95. The fourth-order valence-electron chi connectivity index (χ4n) is 2.10. The zero-order valence-corrected chi connectivity index (χ0v) is 7.64. The second-order valence-corrected chi connectivity index (χ2v) is 4.06. The lowest BCUT2D eigenvalue weighted by Gasteiger charge is -2.24. The van der Waals surface area contributed by atoms with E-state index in [0.717, 1.165) is 24.8 Å². The van der Waals surface area contributed by atoms with Gasteiger partial charge in [-0.3, -0.25) is 0 Å².